The van der Waals surface area contributed by atoms with Crippen LogP contribution >= 0.6 is 11.3 Å². The quantitative estimate of drug-likeness (QED) is 0.775. The first-order chi connectivity index (χ1) is 10.1. The van der Waals surface area contributed by atoms with E-state index in [1.807, 2.05) is 4.90 Å². The molecule has 21 heavy (non-hydrogen) atoms. The molecule has 2 fully saturated rings. The first kappa shape index (κ1) is 14.2. The van der Waals surface area contributed by atoms with Crippen molar-refractivity contribution >= 4 is 27.9 Å². The van der Waals surface area contributed by atoms with Crippen LogP contribution in [-0.4, -0.2) is 36.2 Å². The topological polar surface area (TPSA) is 102 Å². The van der Waals surface area contributed by atoms with Gasteiger partial charge in [-0.2, -0.15) is 5.26 Å². The van der Waals surface area contributed by atoms with E-state index in [1.54, 1.807) is 0 Å². The third kappa shape index (κ3) is 2.82. The molecule has 1 aliphatic carbocycles. The zero-order valence-corrected chi connectivity index (χ0v) is 12.4. The molecule has 1 aromatic heterocycles. The summed E-state index contributed by atoms with van der Waals surface area (Å²) < 4.78 is 0. The molecular formula is C14H18N4O2S. The molecule has 2 aliphatic rings. The number of anilines is 2. The maximum Gasteiger partial charge on any atom is 0.263 e. The van der Waals surface area contributed by atoms with Crippen molar-refractivity contribution < 1.29 is 9.90 Å². The normalized spacial score (nSPS) is 19.3. The van der Waals surface area contributed by atoms with E-state index in [9.17, 15) is 15.2 Å². The number of carbonyl (C=O) groups excluding carboxylic acids is 1. The number of nitriles is 1. The van der Waals surface area contributed by atoms with Crippen molar-refractivity contribution in [3.05, 3.63) is 10.4 Å². The zero-order valence-electron chi connectivity index (χ0n) is 11.6. The summed E-state index contributed by atoms with van der Waals surface area (Å²) in [4.78, 5) is 14.7. The number of nitrogen functional groups attached to an aromatic ring is 1. The van der Waals surface area contributed by atoms with Gasteiger partial charge in [-0.05, 0) is 25.7 Å². The fourth-order valence-electron chi connectivity index (χ4n) is 2.48. The minimum atomic E-state index is -0.276. The zero-order chi connectivity index (χ0) is 15.0. The van der Waals surface area contributed by atoms with Gasteiger partial charge in [0.15, 0.2) is 0 Å². The first-order valence-electron chi connectivity index (χ1n) is 7.16. The summed E-state index contributed by atoms with van der Waals surface area (Å²) in [6.45, 7) is 1.36. The van der Waals surface area contributed by atoms with Crippen LogP contribution in [0.1, 0.15) is 40.9 Å². The van der Waals surface area contributed by atoms with Gasteiger partial charge in [-0.15, -0.1) is 11.3 Å². The Morgan fingerprint density at radius 2 is 2.05 bits per heavy atom. The van der Waals surface area contributed by atoms with Crippen LogP contribution in [0.2, 0.25) is 0 Å². The van der Waals surface area contributed by atoms with Crippen molar-refractivity contribution in [2.24, 2.45) is 0 Å². The van der Waals surface area contributed by atoms with E-state index in [0.29, 0.717) is 36.4 Å². The number of thiophene rings is 1. The Hall–Kier alpha value is -1.78. The number of hydrogen-bond acceptors (Lipinski definition) is 6. The summed E-state index contributed by atoms with van der Waals surface area (Å²) in [7, 11) is 0. The summed E-state index contributed by atoms with van der Waals surface area (Å²) in [5.74, 6) is -0.181. The van der Waals surface area contributed by atoms with E-state index in [2.05, 4.69) is 11.4 Å². The molecule has 1 saturated heterocycles. The summed E-state index contributed by atoms with van der Waals surface area (Å²) in [5.41, 5.74) is 6.66. The highest BCUT2D eigenvalue weighted by Gasteiger charge is 2.29. The van der Waals surface area contributed by atoms with Gasteiger partial charge >= 0.3 is 0 Å². The van der Waals surface area contributed by atoms with Crippen molar-refractivity contribution in [2.75, 3.05) is 23.7 Å². The predicted molar refractivity (Wildman–Crippen MR) is 81.4 cm³/mol. The van der Waals surface area contributed by atoms with Crippen LogP contribution in [0, 0.1) is 11.3 Å². The van der Waals surface area contributed by atoms with E-state index >= 15 is 0 Å². The van der Waals surface area contributed by atoms with Gasteiger partial charge in [0.2, 0.25) is 0 Å². The third-order valence-electron chi connectivity index (χ3n) is 3.91. The van der Waals surface area contributed by atoms with Crippen LogP contribution in [0.4, 0.5) is 10.7 Å². The maximum atomic E-state index is 12.2. The Balaban J connectivity index is 1.86. The standard InChI is InChI=1S/C14H18N4O2S/c15-7-10-11(16)12(13(20)17-8-1-2-8)21-14(10)18-5-3-9(19)4-6-18/h8-9,19H,1-6,16H2,(H,17,20). The summed E-state index contributed by atoms with van der Waals surface area (Å²) in [6, 6.07) is 2.38. The number of carbonyl (C=O) groups is 1. The molecule has 0 radical (unpaired) electrons. The second kappa shape index (κ2) is 5.54. The Kier molecular flexibility index (Phi) is 3.74. The average Bonchev–Trinajstić information content (AvgIpc) is 3.21. The number of hydrogen-bond donors (Lipinski definition) is 3. The average molecular weight is 306 g/mol. The lowest BCUT2D eigenvalue weighted by Gasteiger charge is -2.30. The largest absolute Gasteiger partial charge is 0.396 e. The number of piperidine rings is 1. The molecule has 0 spiro atoms. The Bertz CT molecular complexity index is 595. The van der Waals surface area contributed by atoms with E-state index < -0.39 is 0 Å². The predicted octanol–water partition coefficient (Wildman–Crippen LogP) is 1.06. The molecule has 7 heteroatoms. The number of nitrogens with one attached hydrogen (secondary N) is 1. The van der Waals surface area contributed by atoms with Gasteiger partial charge in [-0.25, -0.2) is 0 Å². The van der Waals surface area contributed by atoms with Gasteiger partial charge in [0, 0.05) is 19.1 Å². The van der Waals surface area contributed by atoms with E-state index in [1.165, 1.54) is 11.3 Å². The van der Waals surface area contributed by atoms with Gasteiger partial charge in [-0.1, -0.05) is 0 Å². The van der Waals surface area contributed by atoms with E-state index in [0.717, 1.165) is 17.8 Å². The molecule has 1 saturated carbocycles. The fourth-order valence-corrected chi connectivity index (χ4v) is 3.60. The number of aliphatic hydroxyl groups excluding tert-OH is 1. The molecule has 1 amide bonds. The Morgan fingerprint density at radius 1 is 1.38 bits per heavy atom. The Labute approximate surface area is 127 Å². The van der Waals surface area contributed by atoms with Gasteiger partial charge in [0.1, 0.15) is 21.5 Å². The van der Waals surface area contributed by atoms with Crippen molar-refractivity contribution in [3.8, 4) is 6.07 Å². The molecular weight excluding hydrogens is 288 g/mol. The maximum absolute atomic E-state index is 12.2. The van der Waals surface area contributed by atoms with Crippen molar-refractivity contribution in [1.29, 1.82) is 5.26 Å². The van der Waals surface area contributed by atoms with E-state index in [-0.39, 0.29) is 23.7 Å². The second-order valence-electron chi connectivity index (χ2n) is 5.60. The van der Waals surface area contributed by atoms with E-state index in [4.69, 9.17) is 5.73 Å². The molecule has 4 N–H and O–H groups in total. The lowest BCUT2D eigenvalue weighted by atomic mass is 10.1. The lowest BCUT2D eigenvalue weighted by Crippen LogP contribution is -2.35. The molecule has 1 aliphatic heterocycles. The van der Waals surface area contributed by atoms with Crippen molar-refractivity contribution in [2.45, 2.75) is 37.8 Å². The van der Waals surface area contributed by atoms with Crippen LogP contribution in [0.5, 0.6) is 0 Å². The molecule has 0 bridgehead atoms. The van der Waals surface area contributed by atoms with Gasteiger partial charge in [-0.3, -0.25) is 4.79 Å². The number of rotatable bonds is 3. The molecule has 2 heterocycles. The molecule has 112 valence electrons. The van der Waals surface area contributed by atoms with Crippen LogP contribution < -0.4 is 16.0 Å². The molecule has 0 atom stereocenters. The Morgan fingerprint density at radius 3 is 2.62 bits per heavy atom. The second-order valence-corrected chi connectivity index (χ2v) is 6.60. The molecule has 6 nitrogen and oxygen atoms in total. The number of nitrogens with zero attached hydrogens (tertiary/aromatic N) is 2. The fraction of sp³-hybridized carbons (Fsp3) is 0.571. The number of aliphatic hydroxyl groups is 1. The minimum Gasteiger partial charge on any atom is -0.396 e. The molecule has 3 rings (SSSR count). The SMILES string of the molecule is N#Cc1c(N2CCC(O)CC2)sc(C(=O)NC2CC2)c1N. The highest BCUT2D eigenvalue weighted by Crippen LogP contribution is 2.39. The smallest absolute Gasteiger partial charge is 0.263 e. The van der Waals surface area contributed by atoms with Crippen molar-refractivity contribution in [1.82, 2.24) is 5.32 Å². The molecule has 1 aromatic rings. The van der Waals surface area contributed by atoms with Crippen LogP contribution in [0.25, 0.3) is 0 Å². The van der Waals surface area contributed by atoms with Gasteiger partial charge < -0.3 is 21.1 Å². The highest BCUT2D eigenvalue weighted by molar-refractivity contribution is 7.19. The van der Waals surface area contributed by atoms with Gasteiger partial charge in [0.25, 0.3) is 5.91 Å². The highest BCUT2D eigenvalue weighted by atomic mass is 32.1. The summed E-state index contributed by atoms with van der Waals surface area (Å²) in [6.07, 6.45) is 3.10. The monoisotopic (exact) mass is 306 g/mol. The first-order valence-corrected chi connectivity index (χ1v) is 7.98. The third-order valence-corrected chi connectivity index (χ3v) is 5.17. The summed E-state index contributed by atoms with van der Waals surface area (Å²) >= 11 is 1.28. The lowest BCUT2D eigenvalue weighted by molar-refractivity contribution is 0.0956. The number of amides is 1. The number of nitrogens with two attached hydrogens (primary N) is 1. The molecule has 0 unspecified atom stereocenters. The van der Waals surface area contributed by atoms with Gasteiger partial charge in [0.05, 0.1) is 11.8 Å². The molecule has 0 aromatic carbocycles. The summed E-state index contributed by atoms with van der Waals surface area (Å²) in [5, 5.41) is 22.6. The van der Waals surface area contributed by atoms with Crippen LogP contribution in [0.3, 0.4) is 0 Å². The van der Waals surface area contributed by atoms with Crippen LogP contribution in [0.15, 0.2) is 0 Å². The van der Waals surface area contributed by atoms with Crippen molar-refractivity contribution in [3.63, 3.8) is 0 Å². The van der Waals surface area contributed by atoms with Crippen LogP contribution in [-0.2, 0) is 0 Å². The minimum absolute atomic E-state index is 0.181.